The molecule has 0 radical (unpaired) electrons. The molecule has 0 aliphatic heterocycles. The standard InChI is InChI=1S/C58H112O6/c1-5-8-10-12-14-16-18-19-27-30-34-38-42-46-50-57(60)63-53-55(52-62-56(59)49-45-41-37-33-17-15-13-11-9-6-2)64-58(61)51-47-43-39-35-31-28-25-23-21-20-22-24-26-29-32-36-40-44-48-54(4)7-3/h54-55H,5-53H2,1-4H3/t54?,55-/m1/s1. The number of hydrogen-bond donors (Lipinski definition) is 0. The molecule has 0 saturated heterocycles. The Kier molecular flexibility index (Phi) is 51.1. The van der Waals surface area contributed by atoms with Gasteiger partial charge in [-0.15, -0.1) is 0 Å². The van der Waals surface area contributed by atoms with E-state index in [1.165, 1.54) is 225 Å². The van der Waals surface area contributed by atoms with Crippen LogP contribution in [0.2, 0.25) is 0 Å². The van der Waals surface area contributed by atoms with Crippen LogP contribution < -0.4 is 0 Å². The first kappa shape index (κ1) is 62.4. The zero-order valence-corrected chi connectivity index (χ0v) is 43.8. The van der Waals surface area contributed by atoms with Crippen LogP contribution in [-0.4, -0.2) is 37.2 Å². The summed E-state index contributed by atoms with van der Waals surface area (Å²) < 4.78 is 16.9. The molecule has 0 rings (SSSR count). The fourth-order valence-electron chi connectivity index (χ4n) is 8.89. The lowest BCUT2D eigenvalue weighted by molar-refractivity contribution is -0.167. The number of esters is 3. The monoisotopic (exact) mass is 905 g/mol. The van der Waals surface area contributed by atoms with Gasteiger partial charge in [0.05, 0.1) is 0 Å². The van der Waals surface area contributed by atoms with E-state index in [1.54, 1.807) is 0 Å². The highest BCUT2D eigenvalue weighted by atomic mass is 16.6. The van der Waals surface area contributed by atoms with Crippen LogP contribution in [0.15, 0.2) is 0 Å². The van der Waals surface area contributed by atoms with Crippen molar-refractivity contribution in [1.82, 2.24) is 0 Å². The van der Waals surface area contributed by atoms with Crippen LogP contribution in [0.4, 0.5) is 0 Å². The topological polar surface area (TPSA) is 78.9 Å². The zero-order valence-electron chi connectivity index (χ0n) is 43.8. The van der Waals surface area contributed by atoms with Crippen LogP contribution in [-0.2, 0) is 28.6 Å². The fraction of sp³-hybridized carbons (Fsp3) is 0.948. The molecular formula is C58H112O6. The molecule has 0 spiro atoms. The number of rotatable bonds is 53. The zero-order chi connectivity index (χ0) is 46.7. The minimum absolute atomic E-state index is 0.0620. The van der Waals surface area contributed by atoms with E-state index in [0.717, 1.165) is 63.7 Å². The Hall–Kier alpha value is -1.59. The van der Waals surface area contributed by atoms with Crippen LogP contribution >= 0.6 is 0 Å². The first-order chi connectivity index (χ1) is 31.4. The Bertz CT molecular complexity index is 966. The van der Waals surface area contributed by atoms with Gasteiger partial charge >= 0.3 is 17.9 Å². The van der Waals surface area contributed by atoms with Crippen LogP contribution in [0.5, 0.6) is 0 Å². The molecule has 0 fully saturated rings. The van der Waals surface area contributed by atoms with Crippen LogP contribution in [0.25, 0.3) is 0 Å². The molecule has 1 unspecified atom stereocenters. The first-order valence-corrected chi connectivity index (χ1v) is 28.9. The Morgan fingerprint density at radius 3 is 0.812 bits per heavy atom. The first-order valence-electron chi connectivity index (χ1n) is 28.9. The molecule has 0 aromatic rings. The summed E-state index contributed by atoms with van der Waals surface area (Å²) in [6.45, 7) is 9.09. The summed E-state index contributed by atoms with van der Waals surface area (Å²) in [5, 5.41) is 0. The molecule has 0 aliphatic rings. The number of unbranched alkanes of at least 4 members (excludes halogenated alkanes) is 39. The van der Waals surface area contributed by atoms with Gasteiger partial charge in [0, 0.05) is 19.3 Å². The van der Waals surface area contributed by atoms with Crippen LogP contribution in [0, 0.1) is 5.92 Å². The summed E-state index contributed by atoms with van der Waals surface area (Å²) >= 11 is 0. The predicted octanol–water partition coefficient (Wildman–Crippen LogP) is 19.0. The second-order valence-electron chi connectivity index (χ2n) is 20.2. The molecule has 6 heteroatoms. The molecule has 0 aromatic heterocycles. The van der Waals surface area contributed by atoms with Crippen LogP contribution in [0.1, 0.15) is 329 Å². The maximum Gasteiger partial charge on any atom is 0.306 e. The normalized spacial score (nSPS) is 12.4. The molecule has 64 heavy (non-hydrogen) atoms. The molecule has 0 heterocycles. The van der Waals surface area contributed by atoms with Gasteiger partial charge in [0.25, 0.3) is 0 Å². The van der Waals surface area contributed by atoms with E-state index in [0.29, 0.717) is 19.3 Å². The van der Waals surface area contributed by atoms with Crippen molar-refractivity contribution in [3.05, 3.63) is 0 Å². The SMILES string of the molecule is CCCCCCCCCCCCCCCCC(=O)OC[C@@H](COC(=O)CCCCCCCCCCCC)OC(=O)CCCCCCCCCCCCCCCCCCCCC(C)CC. The average molecular weight is 906 g/mol. The van der Waals surface area contributed by atoms with Gasteiger partial charge in [-0.25, -0.2) is 0 Å². The van der Waals surface area contributed by atoms with Crippen LogP contribution in [0.3, 0.4) is 0 Å². The molecule has 0 saturated carbocycles. The number of hydrogen-bond acceptors (Lipinski definition) is 6. The van der Waals surface area contributed by atoms with Gasteiger partial charge in [0.15, 0.2) is 6.10 Å². The molecule has 2 atom stereocenters. The van der Waals surface area contributed by atoms with Gasteiger partial charge in [-0.2, -0.15) is 0 Å². The van der Waals surface area contributed by atoms with E-state index >= 15 is 0 Å². The molecule has 6 nitrogen and oxygen atoms in total. The largest absolute Gasteiger partial charge is 0.462 e. The van der Waals surface area contributed by atoms with Crippen molar-refractivity contribution in [2.24, 2.45) is 5.92 Å². The maximum atomic E-state index is 12.8. The van der Waals surface area contributed by atoms with Gasteiger partial charge in [-0.05, 0) is 25.2 Å². The lowest BCUT2D eigenvalue weighted by Crippen LogP contribution is -2.30. The molecule has 0 bridgehead atoms. The smallest absolute Gasteiger partial charge is 0.306 e. The maximum absolute atomic E-state index is 12.8. The van der Waals surface area contributed by atoms with Crippen molar-refractivity contribution in [3.8, 4) is 0 Å². The van der Waals surface area contributed by atoms with Crippen molar-refractivity contribution >= 4 is 17.9 Å². The van der Waals surface area contributed by atoms with Gasteiger partial charge in [-0.1, -0.05) is 291 Å². The van der Waals surface area contributed by atoms with E-state index in [1.807, 2.05) is 0 Å². The Morgan fingerprint density at radius 1 is 0.312 bits per heavy atom. The molecule has 0 aromatic carbocycles. The summed E-state index contributed by atoms with van der Waals surface area (Å²) in [6.07, 6.45) is 56.6. The summed E-state index contributed by atoms with van der Waals surface area (Å²) in [6, 6.07) is 0. The number of carbonyl (C=O) groups excluding carboxylic acids is 3. The quantitative estimate of drug-likeness (QED) is 0.0344. The lowest BCUT2D eigenvalue weighted by atomic mass is 9.99. The Balaban J connectivity index is 4.20. The van der Waals surface area contributed by atoms with E-state index < -0.39 is 6.10 Å². The molecule has 0 amide bonds. The fourth-order valence-corrected chi connectivity index (χ4v) is 8.89. The van der Waals surface area contributed by atoms with Crippen molar-refractivity contribution in [1.29, 1.82) is 0 Å². The Morgan fingerprint density at radius 2 is 0.547 bits per heavy atom. The third-order valence-electron chi connectivity index (χ3n) is 13.7. The van der Waals surface area contributed by atoms with Crippen molar-refractivity contribution in [2.75, 3.05) is 13.2 Å². The van der Waals surface area contributed by atoms with Gasteiger partial charge in [0.1, 0.15) is 13.2 Å². The van der Waals surface area contributed by atoms with Gasteiger partial charge in [-0.3, -0.25) is 14.4 Å². The molecular weight excluding hydrogens is 793 g/mol. The summed E-state index contributed by atoms with van der Waals surface area (Å²) in [5.41, 5.74) is 0. The average Bonchev–Trinajstić information content (AvgIpc) is 3.29. The highest BCUT2D eigenvalue weighted by Gasteiger charge is 2.19. The lowest BCUT2D eigenvalue weighted by Gasteiger charge is -2.18. The van der Waals surface area contributed by atoms with Crippen molar-refractivity contribution < 1.29 is 28.6 Å². The molecule has 380 valence electrons. The van der Waals surface area contributed by atoms with Gasteiger partial charge < -0.3 is 14.2 Å². The minimum Gasteiger partial charge on any atom is -0.462 e. The van der Waals surface area contributed by atoms with E-state index in [9.17, 15) is 14.4 Å². The van der Waals surface area contributed by atoms with E-state index in [-0.39, 0.29) is 31.1 Å². The number of carbonyl (C=O) groups is 3. The van der Waals surface area contributed by atoms with Crippen molar-refractivity contribution in [3.63, 3.8) is 0 Å². The van der Waals surface area contributed by atoms with E-state index in [2.05, 4.69) is 27.7 Å². The summed E-state index contributed by atoms with van der Waals surface area (Å²) in [7, 11) is 0. The third-order valence-corrected chi connectivity index (χ3v) is 13.7. The summed E-state index contributed by atoms with van der Waals surface area (Å²) in [4.78, 5) is 38.0. The minimum atomic E-state index is -0.761. The van der Waals surface area contributed by atoms with E-state index in [4.69, 9.17) is 14.2 Å². The molecule has 0 N–H and O–H groups in total. The second kappa shape index (κ2) is 52.4. The molecule has 0 aliphatic carbocycles. The third kappa shape index (κ3) is 49.8. The number of ether oxygens (including phenoxy) is 3. The summed E-state index contributed by atoms with van der Waals surface area (Å²) in [5.74, 6) is 0.0713. The Labute approximate surface area is 399 Å². The predicted molar refractivity (Wildman–Crippen MR) is 275 cm³/mol. The highest BCUT2D eigenvalue weighted by Crippen LogP contribution is 2.18. The second-order valence-corrected chi connectivity index (χ2v) is 20.2. The highest BCUT2D eigenvalue weighted by molar-refractivity contribution is 5.71. The van der Waals surface area contributed by atoms with Crippen molar-refractivity contribution in [2.45, 2.75) is 336 Å². The van der Waals surface area contributed by atoms with Gasteiger partial charge in [0.2, 0.25) is 0 Å².